The molecule has 1 aliphatic rings. The van der Waals surface area contributed by atoms with Crippen LogP contribution in [0.2, 0.25) is 5.02 Å². The summed E-state index contributed by atoms with van der Waals surface area (Å²) in [5.74, 6) is 1.27. The van der Waals surface area contributed by atoms with Crippen molar-refractivity contribution >= 4 is 34.2 Å². The van der Waals surface area contributed by atoms with Gasteiger partial charge in [-0.25, -0.2) is 0 Å². The van der Waals surface area contributed by atoms with E-state index < -0.39 is 0 Å². The SMILES string of the molecule is COc1cc(Cl)ccc1C1=NN=C(Cl)CN1. The molecule has 0 radical (unpaired) electrons. The molecule has 1 aromatic carbocycles. The Kier molecular flexibility index (Phi) is 3.31. The van der Waals surface area contributed by atoms with E-state index in [4.69, 9.17) is 27.9 Å². The number of nitrogens with zero attached hydrogens (tertiary/aromatic N) is 2. The van der Waals surface area contributed by atoms with Crippen molar-refractivity contribution < 1.29 is 4.74 Å². The molecule has 84 valence electrons. The molecule has 0 spiro atoms. The summed E-state index contributed by atoms with van der Waals surface area (Å²) in [4.78, 5) is 0. The maximum absolute atomic E-state index is 5.87. The van der Waals surface area contributed by atoms with Crippen molar-refractivity contribution in [3.8, 4) is 5.75 Å². The summed E-state index contributed by atoms with van der Waals surface area (Å²) in [6, 6.07) is 5.31. The van der Waals surface area contributed by atoms with Gasteiger partial charge in [-0.05, 0) is 18.2 Å². The average molecular weight is 258 g/mol. The van der Waals surface area contributed by atoms with Gasteiger partial charge in [0.15, 0.2) is 5.84 Å². The molecule has 1 aromatic rings. The minimum absolute atomic E-state index is 0.427. The second-order valence-electron chi connectivity index (χ2n) is 3.12. The van der Waals surface area contributed by atoms with Crippen molar-refractivity contribution in [3.63, 3.8) is 0 Å². The van der Waals surface area contributed by atoms with Gasteiger partial charge in [-0.1, -0.05) is 23.2 Å². The van der Waals surface area contributed by atoms with Gasteiger partial charge in [0.2, 0.25) is 0 Å². The van der Waals surface area contributed by atoms with Crippen LogP contribution in [0.15, 0.2) is 28.4 Å². The second-order valence-corrected chi connectivity index (χ2v) is 4.00. The summed E-state index contributed by atoms with van der Waals surface area (Å²) in [5, 5.41) is 11.8. The Morgan fingerprint density at radius 3 is 2.75 bits per heavy atom. The molecule has 0 saturated carbocycles. The number of ether oxygens (including phenoxy) is 1. The number of nitrogens with one attached hydrogen (secondary N) is 1. The van der Waals surface area contributed by atoms with E-state index >= 15 is 0 Å². The Balaban J connectivity index is 2.41. The van der Waals surface area contributed by atoms with Crippen LogP contribution in [0.1, 0.15) is 5.56 Å². The first-order valence-corrected chi connectivity index (χ1v) is 5.34. The molecular weight excluding hydrogens is 249 g/mol. The lowest BCUT2D eigenvalue weighted by Gasteiger charge is -2.14. The van der Waals surface area contributed by atoms with E-state index in [-0.39, 0.29) is 0 Å². The maximum atomic E-state index is 5.87. The number of rotatable bonds is 2. The molecule has 0 atom stereocenters. The molecule has 16 heavy (non-hydrogen) atoms. The Labute approximate surface area is 103 Å². The molecule has 1 N–H and O–H groups in total. The topological polar surface area (TPSA) is 46.0 Å². The lowest BCUT2D eigenvalue weighted by molar-refractivity contribution is 0.413. The van der Waals surface area contributed by atoms with Crippen LogP contribution in [0, 0.1) is 0 Å². The van der Waals surface area contributed by atoms with Gasteiger partial charge in [-0.2, -0.15) is 0 Å². The Morgan fingerprint density at radius 1 is 1.31 bits per heavy atom. The first-order chi connectivity index (χ1) is 7.70. The summed E-state index contributed by atoms with van der Waals surface area (Å²) in [7, 11) is 1.58. The molecule has 2 rings (SSSR count). The van der Waals surface area contributed by atoms with Crippen LogP contribution < -0.4 is 10.1 Å². The van der Waals surface area contributed by atoms with Crippen LogP contribution in [-0.4, -0.2) is 24.7 Å². The normalized spacial score (nSPS) is 14.9. The van der Waals surface area contributed by atoms with Crippen LogP contribution in [0.4, 0.5) is 0 Å². The largest absolute Gasteiger partial charge is 0.496 e. The molecule has 1 aliphatic heterocycles. The van der Waals surface area contributed by atoms with E-state index in [1.165, 1.54) is 0 Å². The monoisotopic (exact) mass is 257 g/mol. The van der Waals surface area contributed by atoms with Gasteiger partial charge >= 0.3 is 0 Å². The molecule has 0 saturated heterocycles. The van der Waals surface area contributed by atoms with E-state index in [1.54, 1.807) is 19.2 Å². The first kappa shape index (κ1) is 11.2. The summed E-state index contributed by atoms with van der Waals surface area (Å²) < 4.78 is 5.22. The maximum Gasteiger partial charge on any atom is 0.160 e. The van der Waals surface area contributed by atoms with Gasteiger partial charge in [-0.3, -0.25) is 0 Å². The highest BCUT2D eigenvalue weighted by Gasteiger charge is 2.13. The predicted octanol–water partition coefficient (Wildman–Crippen LogP) is 2.25. The third kappa shape index (κ3) is 2.28. The van der Waals surface area contributed by atoms with Crippen molar-refractivity contribution in [1.29, 1.82) is 0 Å². The third-order valence-corrected chi connectivity index (χ3v) is 2.52. The van der Waals surface area contributed by atoms with E-state index in [0.717, 1.165) is 5.56 Å². The quantitative estimate of drug-likeness (QED) is 0.884. The summed E-state index contributed by atoms with van der Waals surface area (Å²) >= 11 is 11.6. The first-order valence-electron chi connectivity index (χ1n) is 4.58. The smallest absolute Gasteiger partial charge is 0.160 e. The summed E-state index contributed by atoms with van der Waals surface area (Å²) in [5.41, 5.74) is 0.805. The highest BCUT2D eigenvalue weighted by atomic mass is 35.5. The van der Waals surface area contributed by atoms with E-state index in [9.17, 15) is 0 Å². The summed E-state index contributed by atoms with van der Waals surface area (Å²) in [6.07, 6.45) is 0. The molecule has 0 fully saturated rings. The molecule has 0 amide bonds. The molecule has 0 aliphatic carbocycles. The van der Waals surface area contributed by atoms with Crippen molar-refractivity contribution in [1.82, 2.24) is 5.32 Å². The minimum atomic E-state index is 0.427. The fraction of sp³-hybridized carbons (Fsp3) is 0.200. The van der Waals surface area contributed by atoms with Gasteiger partial charge in [0.05, 0.1) is 19.2 Å². The average Bonchev–Trinajstić information content (AvgIpc) is 2.30. The molecule has 0 aromatic heterocycles. The van der Waals surface area contributed by atoms with Gasteiger partial charge < -0.3 is 10.1 Å². The van der Waals surface area contributed by atoms with Crippen LogP contribution in [0.25, 0.3) is 0 Å². The number of halogens is 2. The summed E-state index contributed by atoms with van der Waals surface area (Å²) in [6.45, 7) is 0.464. The van der Waals surface area contributed by atoms with Crippen LogP contribution in [0.5, 0.6) is 5.75 Å². The van der Waals surface area contributed by atoms with Gasteiger partial charge in [0, 0.05) is 5.02 Å². The van der Waals surface area contributed by atoms with Gasteiger partial charge in [-0.15, -0.1) is 10.2 Å². The van der Waals surface area contributed by atoms with Crippen LogP contribution in [0.3, 0.4) is 0 Å². The zero-order valence-corrected chi connectivity index (χ0v) is 10.0. The fourth-order valence-corrected chi connectivity index (χ4v) is 1.61. The van der Waals surface area contributed by atoms with Crippen molar-refractivity contribution in [3.05, 3.63) is 28.8 Å². The van der Waals surface area contributed by atoms with E-state index in [1.807, 2.05) is 6.07 Å². The zero-order chi connectivity index (χ0) is 11.5. The van der Waals surface area contributed by atoms with Crippen molar-refractivity contribution in [2.75, 3.05) is 13.7 Å². The van der Waals surface area contributed by atoms with Crippen molar-refractivity contribution in [2.45, 2.75) is 0 Å². The minimum Gasteiger partial charge on any atom is -0.496 e. The lowest BCUT2D eigenvalue weighted by Crippen LogP contribution is -2.31. The molecule has 4 nitrogen and oxygen atoms in total. The molecule has 0 bridgehead atoms. The van der Waals surface area contributed by atoms with E-state index in [2.05, 4.69) is 15.5 Å². The van der Waals surface area contributed by atoms with Crippen LogP contribution >= 0.6 is 23.2 Å². The molecular formula is C10H9Cl2N3O. The van der Waals surface area contributed by atoms with E-state index in [0.29, 0.717) is 28.3 Å². The predicted molar refractivity (Wildman–Crippen MR) is 65.8 cm³/mol. The third-order valence-electron chi connectivity index (χ3n) is 2.08. The number of hydrogen-bond donors (Lipinski definition) is 1. The number of hydrogen-bond acceptors (Lipinski definition) is 4. The molecule has 0 unspecified atom stereocenters. The van der Waals surface area contributed by atoms with Crippen LogP contribution in [-0.2, 0) is 0 Å². The highest BCUT2D eigenvalue weighted by molar-refractivity contribution is 6.66. The Bertz CT molecular complexity index is 471. The highest BCUT2D eigenvalue weighted by Crippen LogP contribution is 2.23. The number of amidine groups is 1. The van der Waals surface area contributed by atoms with Gasteiger partial charge in [0.25, 0.3) is 0 Å². The molecule has 1 heterocycles. The number of benzene rings is 1. The van der Waals surface area contributed by atoms with Crippen molar-refractivity contribution in [2.24, 2.45) is 10.2 Å². The zero-order valence-electron chi connectivity index (χ0n) is 8.50. The Hall–Kier alpha value is -1.26. The van der Waals surface area contributed by atoms with Gasteiger partial charge in [0.1, 0.15) is 10.9 Å². The number of methoxy groups -OCH3 is 1. The fourth-order valence-electron chi connectivity index (χ4n) is 1.34. The second kappa shape index (κ2) is 4.72. The molecule has 6 heteroatoms. The Morgan fingerprint density at radius 2 is 2.12 bits per heavy atom. The standard InChI is InChI=1S/C10H9Cl2N3O/c1-16-8-4-6(11)2-3-7(8)10-13-5-9(12)14-15-10/h2-4H,5H2,1H3,(H,13,15). The lowest BCUT2D eigenvalue weighted by atomic mass is 10.2.